The van der Waals surface area contributed by atoms with Gasteiger partial charge in [-0.1, -0.05) is 32.0 Å². The number of amides is 1. The summed E-state index contributed by atoms with van der Waals surface area (Å²) < 4.78 is 13.1. The van der Waals surface area contributed by atoms with Crippen LogP contribution in [0.4, 0.5) is 15.8 Å². The van der Waals surface area contributed by atoms with Crippen molar-refractivity contribution in [2.24, 2.45) is 5.92 Å². The molecule has 2 aromatic rings. The van der Waals surface area contributed by atoms with Gasteiger partial charge in [0, 0.05) is 23.8 Å². The van der Waals surface area contributed by atoms with Gasteiger partial charge in [0.05, 0.1) is 0 Å². The summed E-state index contributed by atoms with van der Waals surface area (Å²) in [6.07, 6.45) is 0. The van der Waals surface area contributed by atoms with Crippen molar-refractivity contribution in [1.82, 2.24) is 0 Å². The average molecular weight is 286 g/mol. The van der Waals surface area contributed by atoms with E-state index in [2.05, 4.69) is 10.6 Å². The third kappa shape index (κ3) is 4.60. The SMILES string of the molecule is CC(C)C(=O)Nc1cccc(NCc2cccc(F)c2)c1. The maximum atomic E-state index is 13.1. The van der Waals surface area contributed by atoms with Gasteiger partial charge in [-0.05, 0) is 35.9 Å². The highest BCUT2D eigenvalue weighted by Crippen LogP contribution is 2.17. The minimum atomic E-state index is -0.243. The lowest BCUT2D eigenvalue weighted by Gasteiger charge is -2.11. The molecule has 0 radical (unpaired) electrons. The van der Waals surface area contributed by atoms with E-state index in [-0.39, 0.29) is 17.6 Å². The van der Waals surface area contributed by atoms with Crippen LogP contribution in [0.3, 0.4) is 0 Å². The number of carbonyl (C=O) groups is 1. The molecule has 3 nitrogen and oxygen atoms in total. The lowest BCUT2D eigenvalue weighted by molar-refractivity contribution is -0.118. The third-order valence-corrected chi connectivity index (χ3v) is 3.04. The van der Waals surface area contributed by atoms with Gasteiger partial charge in [-0.2, -0.15) is 0 Å². The smallest absolute Gasteiger partial charge is 0.226 e. The van der Waals surface area contributed by atoms with Crippen LogP contribution in [0.1, 0.15) is 19.4 Å². The maximum absolute atomic E-state index is 13.1. The van der Waals surface area contributed by atoms with Gasteiger partial charge in [0.2, 0.25) is 5.91 Å². The summed E-state index contributed by atoms with van der Waals surface area (Å²) in [6, 6.07) is 13.9. The molecule has 21 heavy (non-hydrogen) atoms. The minimum absolute atomic E-state index is 0.0164. The average Bonchev–Trinajstić information content (AvgIpc) is 2.45. The Balaban J connectivity index is 1.99. The van der Waals surface area contributed by atoms with Gasteiger partial charge in [-0.3, -0.25) is 4.79 Å². The van der Waals surface area contributed by atoms with E-state index in [1.54, 1.807) is 6.07 Å². The molecular formula is C17H19FN2O. The quantitative estimate of drug-likeness (QED) is 0.871. The Morgan fingerprint density at radius 1 is 1.10 bits per heavy atom. The van der Waals surface area contributed by atoms with E-state index < -0.39 is 0 Å². The number of hydrogen-bond acceptors (Lipinski definition) is 2. The van der Waals surface area contributed by atoms with E-state index in [1.807, 2.05) is 44.2 Å². The van der Waals surface area contributed by atoms with Crippen LogP contribution in [-0.2, 0) is 11.3 Å². The van der Waals surface area contributed by atoms with Gasteiger partial charge in [0.25, 0.3) is 0 Å². The highest BCUT2D eigenvalue weighted by Gasteiger charge is 2.07. The van der Waals surface area contributed by atoms with Crippen LogP contribution >= 0.6 is 0 Å². The number of nitrogens with one attached hydrogen (secondary N) is 2. The summed E-state index contributed by atoms with van der Waals surface area (Å²) in [4.78, 5) is 11.7. The van der Waals surface area contributed by atoms with E-state index >= 15 is 0 Å². The van der Waals surface area contributed by atoms with E-state index in [1.165, 1.54) is 12.1 Å². The molecule has 1 amide bonds. The lowest BCUT2D eigenvalue weighted by Crippen LogP contribution is -2.17. The lowest BCUT2D eigenvalue weighted by atomic mass is 10.2. The van der Waals surface area contributed by atoms with Crippen LogP contribution in [0.15, 0.2) is 48.5 Å². The number of anilines is 2. The summed E-state index contributed by atoms with van der Waals surface area (Å²) in [7, 11) is 0. The maximum Gasteiger partial charge on any atom is 0.226 e. The van der Waals surface area contributed by atoms with Crippen LogP contribution in [0.5, 0.6) is 0 Å². The molecule has 2 aromatic carbocycles. The summed E-state index contributed by atoms with van der Waals surface area (Å²) in [5.41, 5.74) is 2.49. The van der Waals surface area contributed by atoms with Crippen LogP contribution in [0, 0.1) is 11.7 Å². The molecule has 0 spiro atoms. The fourth-order valence-electron chi connectivity index (χ4n) is 1.84. The third-order valence-electron chi connectivity index (χ3n) is 3.04. The second kappa shape index (κ2) is 6.88. The fraction of sp³-hybridized carbons (Fsp3) is 0.235. The van der Waals surface area contributed by atoms with Crippen molar-refractivity contribution in [3.05, 3.63) is 59.9 Å². The molecule has 0 aliphatic rings. The summed E-state index contributed by atoms with van der Waals surface area (Å²) in [6.45, 7) is 4.22. The van der Waals surface area contributed by atoms with Crippen molar-refractivity contribution < 1.29 is 9.18 Å². The van der Waals surface area contributed by atoms with Gasteiger partial charge in [0.1, 0.15) is 5.82 Å². The molecular weight excluding hydrogens is 267 g/mol. The van der Waals surface area contributed by atoms with Gasteiger partial charge >= 0.3 is 0 Å². The highest BCUT2D eigenvalue weighted by atomic mass is 19.1. The van der Waals surface area contributed by atoms with Crippen molar-refractivity contribution in [1.29, 1.82) is 0 Å². The van der Waals surface area contributed by atoms with Crippen LogP contribution in [-0.4, -0.2) is 5.91 Å². The Kier molecular flexibility index (Phi) is 4.93. The molecule has 0 bridgehead atoms. The van der Waals surface area contributed by atoms with E-state index in [4.69, 9.17) is 0 Å². The molecule has 0 aliphatic heterocycles. The normalized spacial score (nSPS) is 10.5. The molecule has 0 saturated heterocycles. The first kappa shape index (κ1) is 15.0. The van der Waals surface area contributed by atoms with Crippen molar-refractivity contribution in [2.75, 3.05) is 10.6 Å². The van der Waals surface area contributed by atoms with Crippen molar-refractivity contribution in [3.8, 4) is 0 Å². The molecule has 2 N–H and O–H groups in total. The molecule has 0 saturated carbocycles. The standard InChI is InChI=1S/C17H19FN2O/c1-12(2)17(21)20-16-8-4-7-15(10-16)19-11-13-5-3-6-14(18)9-13/h3-10,12,19H,11H2,1-2H3,(H,20,21). The Morgan fingerprint density at radius 3 is 2.52 bits per heavy atom. The number of benzene rings is 2. The first-order chi connectivity index (χ1) is 10.0. The molecule has 2 rings (SSSR count). The Morgan fingerprint density at radius 2 is 1.81 bits per heavy atom. The predicted molar refractivity (Wildman–Crippen MR) is 83.6 cm³/mol. The topological polar surface area (TPSA) is 41.1 Å². The number of hydrogen-bond donors (Lipinski definition) is 2. The van der Waals surface area contributed by atoms with E-state index in [0.29, 0.717) is 6.54 Å². The summed E-state index contributed by atoms with van der Waals surface area (Å²) in [5.74, 6) is -0.321. The molecule has 0 fully saturated rings. The monoisotopic (exact) mass is 286 g/mol. The van der Waals surface area contributed by atoms with Crippen molar-refractivity contribution in [3.63, 3.8) is 0 Å². The second-order valence-corrected chi connectivity index (χ2v) is 5.21. The largest absolute Gasteiger partial charge is 0.381 e. The fourth-order valence-corrected chi connectivity index (χ4v) is 1.84. The van der Waals surface area contributed by atoms with Crippen LogP contribution in [0.2, 0.25) is 0 Å². The molecule has 0 aliphatic carbocycles. The number of halogens is 1. The Bertz CT molecular complexity index is 626. The summed E-state index contributed by atoms with van der Waals surface area (Å²) in [5, 5.41) is 6.06. The van der Waals surface area contributed by atoms with Crippen molar-refractivity contribution >= 4 is 17.3 Å². The zero-order chi connectivity index (χ0) is 15.2. The van der Waals surface area contributed by atoms with Gasteiger partial charge in [-0.25, -0.2) is 4.39 Å². The van der Waals surface area contributed by atoms with Crippen molar-refractivity contribution in [2.45, 2.75) is 20.4 Å². The van der Waals surface area contributed by atoms with E-state index in [9.17, 15) is 9.18 Å². The second-order valence-electron chi connectivity index (χ2n) is 5.21. The Hall–Kier alpha value is -2.36. The van der Waals surface area contributed by atoms with E-state index in [0.717, 1.165) is 16.9 Å². The minimum Gasteiger partial charge on any atom is -0.381 e. The molecule has 0 atom stereocenters. The molecule has 0 aromatic heterocycles. The van der Waals surface area contributed by atoms with Crippen LogP contribution in [0.25, 0.3) is 0 Å². The first-order valence-electron chi connectivity index (χ1n) is 6.94. The first-order valence-corrected chi connectivity index (χ1v) is 6.94. The van der Waals surface area contributed by atoms with Gasteiger partial charge in [-0.15, -0.1) is 0 Å². The van der Waals surface area contributed by atoms with Gasteiger partial charge < -0.3 is 10.6 Å². The number of rotatable bonds is 5. The molecule has 0 heterocycles. The molecule has 4 heteroatoms. The zero-order valence-electron chi connectivity index (χ0n) is 12.2. The van der Waals surface area contributed by atoms with Crippen LogP contribution < -0.4 is 10.6 Å². The highest BCUT2D eigenvalue weighted by molar-refractivity contribution is 5.92. The Labute approximate surface area is 124 Å². The predicted octanol–water partition coefficient (Wildman–Crippen LogP) is 4.03. The van der Waals surface area contributed by atoms with Gasteiger partial charge in [0.15, 0.2) is 0 Å². The number of carbonyl (C=O) groups excluding carboxylic acids is 1. The molecule has 0 unspecified atom stereocenters. The zero-order valence-corrected chi connectivity index (χ0v) is 12.2. The molecule has 110 valence electrons. The summed E-state index contributed by atoms with van der Waals surface area (Å²) >= 11 is 0.